The number of methoxy groups -OCH3 is 1. The van der Waals surface area contributed by atoms with Crippen LogP contribution in [0.2, 0.25) is 5.02 Å². The molecule has 0 aromatic heterocycles. The maximum atomic E-state index is 11.5. The first-order chi connectivity index (χ1) is 8.61. The summed E-state index contributed by atoms with van der Waals surface area (Å²) in [7, 11) is 3.48. The van der Waals surface area contributed by atoms with Crippen molar-refractivity contribution in [1.29, 1.82) is 0 Å². The van der Waals surface area contributed by atoms with E-state index in [0.717, 1.165) is 11.3 Å². The highest BCUT2D eigenvalue weighted by Gasteiger charge is 2.34. The van der Waals surface area contributed by atoms with Gasteiger partial charge in [-0.2, -0.15) is 4.99 Å². The van der Waals surface area contributed by atoms with Crippen molar-refractivity contribution < 1.29 is 9.53 Å². The van der Waals surface area contributed by atoms with E-state index >= 15 is 0 Å². The van der Waals surface area contributed by atoms with E-state index in [1.165, 1.54) is 0 Å². The smallest absolute Gasteiger partial charge is 0.268 e. The molecule has 6 heteroatoms. The van der Waals surface area contributed by atoms with Crippen LogP contribution in [0.25, 0.3) is 0 Å². The van der Waals surface area contributed by atoms with Gasteiger partial charge in [-0.3, -0.25) is 4.79 Å². The Hall–Kier alpha value is -1.75. The summed E-state index contributed by atoms with van der Waals surface area (Å²) in [5.74, 6) is 1.21. The zero-order valence-electron chi connectivity index (χ0n) is 10.1. The molecule has 2 heterocycles. The summed E-state index contributed by atoms with van der Waals surface area (Å²) in [6.07, 6.45) is 0. The van der Waals surface area contributed by atoms with Gasteiger partial charge in [-0.1, -0.05) is 11.6 Å². The molecule has 0 radical (unpaired) electrons. The summed E-state index contributed by atoms with van der Waals surface area (Å²) < 4.78 is 5.21. The van der Waals surface area contributed by atoms with Gasteiger partial charge in [0.25, 0.3) is 5.91 Å². The van der Waals surface area contributed by atoms with Crippen molar-refractivity contribution in [1.82, 2.24) is 4.90 Å². The van der Waals surface area contributed by atoms with Crippen molar-refractivity contribution in [3.63, 3.8) is 0 Å². The Morgan fingerprint density at radius 3 is 2.89 bits per heavy atom. The van der Waals surface area contributed by atoms with E-state index in [1.54, 1.807) is 7.11 Å². The van der Waals surface area contributed by atoms with Crippen molar-refractivity contribution in [2.24, 2.45) is 4.99 Å². The molecule has 2 aliphatic rings. The van der Waals surface area contributed by atoms with Crippen LogP contribution in [-0.2, 0) is 11.3 Å². The van der Waals surface area contributed by atoms with Gasteiger partial charge in [0.1, 0.15) is 12.3 Å². The molecule has 94 valence electrons. The molecule has 0 saturated carbocycles. The monoisotopic (exact) mass is 265 g/mol. The van der Waals surface area contributed by atoms with Gasteiger partial charge >= 0.3 is 0 Å². The van der Waals surface area contributed by atoms with Crippen LogP contribution >= 0.6 is 11.6 Å². The number of ether oxygens (including phenoxy) is 1. The zero-order valence-corrected chi connectivity index (χ0v) is 10.9. The Labute approximate surface area is 110 Å². The number of nitrogens with zero attached hydrogens (tertiary/aromatic N) is 3. The number of rotatable bonds is 1. The largest absolute Gasteiger partial charge is 0.495 e. The summed E-state index contributed by atoms with van der Waals surface area (Å²) >= 11 is 6.32. The van der Waals surface area contributed by atoms with Gasteiger partial charge < -0.3 is 14.5 Å². The molecular formula is C12H12ClN3O2. The Morgan fingerprint density at radius 1 is 1.39 bits per heavy atom. The Kier molecular flexibility index (Phi) is 2.45. The molecule has 5 nitrogen and oxygen atoms in total. The zero-order chi connectivity index (χ0) is 12.9. The van der Waals surface area contributed by atoms with E-state index in [-0.39, 0.29) is 12.5 Å². The lowest BCUT2D eigenvalue weighted by molar-refractivity contribution is -0.115. The van der Waals surface area contributed by atoms with Crippen molar-refractivity contribution in [3.8, 4) is 5.75 Å². The van der Waals surface area contributed by atoms with Crippen molar-refractivity contribution >= 4 is 29.2 Å². The van der Waals surface area contributed by atoms with Crippen LogP contribution in [0.15, 0.2) is 17.1 Å². The average molecular weight is 266 g/mol. The summed E-state index contributed by atoms with van der Waals surface area (Å²) in [5, 5.41) is 0.597. The molecular weight excluding hydrogens is 254 g/mol. The van der Waals surface area contributed by atoms with Crippen LogP contribution in [0.1, 0.15) is 5.56 Å². The molecule has 0 fully saturated rings. The maximum Gasteiger partial charge on any atom is 0.268 e. The maximum absolute atomic E-state index is 11.5. The number of carbonyl (C=O) groups excluding carboxylic acids is 1. The third kappa shape index (κ3) is 1.47. The van der Waals surface area contributed by atoms with Crippen molar-refractivity contribution in [3.05, 3.63) is 22.7 Å². The lowest BCUT2D eigenvalue weighted by Crippen LogP contribution is -2.44. The number of guanidine groups is 1. The first kappa shape index (κ1) is 11.3. The molecule has 2 aliphatic heterocycles. The molecule has 0 saturated heterocycles. The lowest BCUT2D eigenvalue weighted by atomic mass is 10.1. The first-order valence-electron chi connectivity index (χ1n) is 5.57. The van der Waals surface area contributed by atoms with E-state index in [9.17, 15) is 4.79 Å². The van der Waals surface area contributed by atoms with Gasteiger partial charge in [-0.25, -0.2) is 0 Å². The second-order valence-electron chi connectivity index (χ2n) is 4.33. The number of fused-ring (bicyclic) bond motifs is 3. The summed E-state index contributed by atoms with van der Waals surface area (Å²) in [5.41, 5.74) is 1.90. The number of halogens is 1. The van der Waals surface area contributed by atoms with Crippen molar-refractivity contribution in [2.75, 3.05) is 25.6 Å². The van der Waals surface area contributed by atoms with Gasteiger partial charge in [0.15, 0.2) is 0 Å². The predicted molar refractivity (Wildman–Crippen MR) is 69.3 cm³/mol. The van der Waals surface area contributed by atoms with Crippen LogP contribution in [0, 0.1) is 0 Å². The topological polar surface area (TPSA) is 45.1 Å². The fraction of sp³-hybridized carbons (Fsp3) is 0.333. The van der Waals surface area contributed by atoms with E-state index in [0.29, 0.717) is 23.3 Å². The molecule has 0 unspecified atom stereocenters. The minimum absolute atomic E-state index is 0.128. The molecule has 18 heavy (non-hydrogen) atoms. The Morgan fingerprint density at radius 2 is 2.17 bits per heavy atom. The SMILES string of the molecule is COc1ccc2c(c1Cl)CN(C)C1=NC(=O)CN12. The minimum Gasteiger partial charge on any atom is -0.495 e. The van der Waals surface area contributed by atoms with Gasteiger partial charge in [0, 0.05) is 19.2 Å². The fourth-order valence-electron chi connectivity index (χ4n) is 2.36. The minimum atomic E-state index is -0.128. The molecule has 3 rings (SSSR count). The van der Waals surface area contributed by atoms with Crippen LogP contribution in [0.4, 0.5) is 5.69 Å². The molecule has 0 N–H and O–H groups in total. The van der Waals surface area contributed by atoms with Gasteiger partial charge in [-0.05, 0) is 12.1 Å². The van der Waals surface area contributed by atoms with Crippen molar-refractivity contribution in [2.45, 2.75) is 6.54 Å². The number of aliphatic imine (C=N–C) groups is 1. The Balaban J connectivity index is 2.15. The average Bonchev–Trinajstić information content (AvgIpc) is 2.73. The molecule has 0 spiro atoms. The van der Waals surface area contributed by atoms with Crippen LogP contribution in [-0.4, -0.2) is 37.5 Å². The van der Waals surface area contributed by atoms with E-state index in [2.05, 4.69) is 4.99 Å². The van der Waals surface area contributed by atoms with Gasteiger partial charge in [0.05, 0.1) is 17.8 Å². The van der Waals surface area contributed by atoms with Gasteiger partial charge in [-0.15, -0.1) is 0 Å². The summed E-state index contributed by atoms with van der Waals surface area (Å²) in [6.45, 7) is 0.892. The number of anilines is 1. The highest BCUT2D eigenvalue weighted by molar-refractivity contribution is 6.33. The fourth-order valence-corrected chi connectivity index (χ4v) is 2.65. The predicted octanol–water partition coefficient (Wildman–Crippen LogP) is 1.50. The lowest BCUT2D eigenvalue weighted by Gasteiger charge is -2.35. The van der Waals surface area contributed by atoms with E-state index < -0.39 is 0 Å². The number of benzene rings is 1. The molecule has 1 aromatic rings. The third-order valence-corrected chi connectivity index (χ3v) is 3.60. The first-order valence-corrected chi connectivity index (χ1v) is 5.95. The van der Waals surface area contributed by atoms with E-state index in [1.807, 2.05) is 29.0 Å². The van der Waals surface area contributed by atoms with Crippen LogP contribution < -0.4 is 9.64 Å². The summed E-state index contributed by atoms with van der Waals surface area (Å²) in [6, 6.07) is 3.73. The number of amides is 1. The highest BCUT2D eigenvalue weighted by atomic mass is 35.5. The summed E-state index contributed by atoms with van der Waals surface area (Å²) in [4.78, 5) is 19.3. The molecule has 0 bridgehead atoms. The second kappa shape index (κ2) is 3.88. The quantitative estimate of drug-likeness (QED) is 0.772. The van der Waals surface area contributed by atoms with Crippen LogP contribution in [0.3, 0.4) is 0 Å². The normalized spacial score (nSPS) is 17.5. The number of hydrogen-bond donors (Lipinski definition) is 0. The standard InChI is InChI=1S/C12H12ClN3O2/c1-15-5-7-8(3-4-9(18-2)11(7)13)16-6-10(17)14-12(15)16/h3-4H,5-6H2,1-2H3. The molecule has 0 aliphatic carbocycles. The number of hydrogen-bond acceptors (Lipinski definition) is 4. The Bertz CT molecular complexity index is 571. The third-order valence-electron chi connectivity index (χ3n) is 3.19. The molecule has 0 atom stereocenters. The van der Waals surface area contributed by atoms with E-state index in [4.69, 9.17) is 16.3 Å². The molecule has 1 aromatic carbocycles. The van der Waals surface area contributed by atoms with Gasteiger partial charge in [0.2, 0.25) is 5.96 Å². The highest BCUT2D eigenvalue weighted by Crippen LogP contribution is 2.39. The second-order valence-corrected chi connectivity index (χ2v) is 4.71. The van der Waals surface area contributed by atoms with Crippen LogP contribution in [0.5, 0.6) is 5.75 Å². The number of carbonyl (C=O) groups is 1. The molecule has 1 amide bonds.